The summed E-state index contributed by atoms with van der Waals surface area (Å²) in [5.74, 6) is 0.0191. The highest BCUT2D eigenvalue weighted by molar-refractivity contribution is 5.80. The molecule has 2 atom stereocenters. The van der Waals surface area contributed by atoms with Crippen LogP contribution in [0, 0.1) is 0 Å². The Morgan fingerprint density at radius 2 is 1.85 bits per heavy atom. The van der Waals surface area contributed by atoms with E-state index < -0.39 is 0 Å². The van der Waals surface area contributed by atoms with Crippen molar-refractivity contribution >= 4 is 5.91 Å². The maximum atomic E-state index is 11.9. The van der Waals surface area contributed by atoms with E-state index in [4.69, 9.17) is 4.74 Å². The van der Waals surface area contributed by atoms with Crippen LogP contribution in [0.2, 0.25) is 0 Å². The lowest BCUT2D eigenvalue weighted by Crippen LogP contribution is -2.42. The molecule has 0 heterocycles. The molecule has 2 N–H and O–H groups in total. The number of amides is 1. The van der Waals surface area contributed by atoms with E-state index in [1.165, 1.54) is 6.42 Å². The summed E-state index contributed by atoms with van der Waals surface area (Å²) >= 11 is 0. The molecule has 1 aliphatic carbocycles. The van der Waals surface area contributed by atoms with Crippen molar-refractivity contribution in [1.29, 1.82) is 0 Å². The molecule has 1 rings (SSSR count). The molecule has 4 heteroatoms. The van der Waals surface area contributed by atoms with Crippen molar-refractivity contribution < 1.29 is 9.53 Å². The van der Waals surface area contributed by atoms with Crippen LogP contribution in [0.5, 0.6) is 0 Å². The molecule has 20 heavy (non-hydrogen) atoms. The zero-order chi connectivity index (χ0) is 15.0. The monoisotopic (exact) mass is 284 g/mol. The first kappa shape index (κ1) is 17.4. The fourth-order valence-electron chi connectivity index (χ4n) is 2.56. The van der Waals surface area contributed by atoms with Crippen LogP contribution in [0.1, 0.15) is 66.2 Å². The molecular weight excluding hydrogens is 252 g/mol. The SMILES string of the molecule is CCCNC1CCC(OC(C)C(=O)NC(C)CC)CC1. The van der Waals surface area contributed by atoms with Gasteiger partial charge in [-0.1, -0.05) is 13.8 Å². The number of hydrogen-bond acceptors (Lipinski definition) is 3. The average molecular weight is 284 g/mol. The van der Waals surface area contributed by atoms with E-state index in [2.05, 4.69) is 24.5 Å². The van der Waals surface area contributed by atoms with E-state index >= 15 is 0 Å². The Kier molecular flexibility index (Phi) is 8.15. The number of carbonyl (C=O) groups excluding carboxylic acids is 1. The maximum absolute atomic E-state index is 11.9. The third kappa shape index (κ3) is 6.23. The van der Waals surface area contributed by atoms with Gasteiger partial charge in [0.05, 0.1) is 6.10 Å². The lowest BCUT2D eigenvalue weighted by atomic mass is 9.93. The predicted molar refractivity (Wildman–Crippen MR) is 82.8 cm³/mol. The molecule has 0 aromatic carbocycles. The number of hydrogen-bond donors (Lipinski definition) is 2. The molecule has 118 valence electrons. The summed E-state index contributed by atoms with van der Waals surface area (Å²) in [6.45, 7) is 9.25. The normalized spacial score (nSPS) is 26.0. The molecule has 1 amide bonds. The first-order valence-corrected chi connectivity index (χ1v) is 8.26. The second-order valence-corrected chi connectivity index (χ2v) is 6.02. The Bertz CT molecular complexity index is 276. The minimum atomic E-state index is -0.339. The van der Waals surface area contributed by atoms with Gasteiger partial charge in [0.2, 0.25) is 5.91 Å². The van der Waals surface area contributed by atoms with E-state index in [1.807, 2.05) is 13.8 Å². The number of ether oxygens (including phenoxy) is 1. The molecule has 4 nitrogen and oxygen atoms in total. The van der Waals surface area contributed by atoms with Gasteiger partial charge in [-0.15, -0.1) is 0 Å². The standard InChI is InChI=1S/C16H32N2O2/c1-5-11-17-14-7-9-15(10-8-14)20-13(4)16(19)18-12(3)6-2/h12-15,17H,5-11H2,1-4H3,(H,18,19). The maximum Gasteiger partial charge on any atom is 0.249 e. The van der Waals surface area contributed by atoms with Gasteiger partial charge in [-0.2, -0.15) is 0 Å². The molecule has 0 spiro atoms. The summed E-state index contributed by atoms with van der Waals surface area (Å²) in [4.78, 5) is 11.9. The van der Waals surface area contributed by atoms with Crippen LogP contribution in [0.25, 0.3) is 0 Å². The molecule has 2 unspecified atom stereocenters. The zero-order valence-corrected chi connectivity index (χ0v) is 13.6. The van der Waals surface area contributed by atoms with Crippen LogP contribution >= 0.6 is 0 Å². The first-order chi connectivity index (χ1) is 9.56. The molecule has 0 aliphatic heterocycles. The Balaban J connectivity index is 2.23. The van der Waals surface area contributed by atoms with E-state index in [0.29, 0.717) is 6.04 Å². The highest BCUT2D eigenvalue weighted by Gasteiger charge is 2.25. The minimum Gasteiger partial charge on any atom is -0.365 e. The summed E-state index contributed by atoms with van der Waals surface area (Å²) < 4.78 is 5.91. The lowest BCUT2D eigenvalue weighted by molar-refractivity contribution is -0.137. The number of carbonyl (C=O) groups is 1. The Hall–Kier alpha value is -0.610. The van der Waals surface area contributed by atoms with E-state index in [9.17, 15) is 4.79 Å². The van der Waals surface area contributed by atoms with Crippen LogP contribution in [-0.4, -0.2) is 36.7 Å². The van der Waals surface area contributed by atoms with Crippen molar-refractivity contribution in [3.05, 3.63) is 0 Å². The molecule has 0 radical (unpaired) electrons. The van der Waals surface area contributed by atoms with Gasteiger partial charge in [0.25, 0.3) is 0 Å². The van der Waals surface area contributed by atoms with Crippen molar-refractivity contribution in [1.82, 2.24) is 10.6 Å². The molecule has 0 aromatic rings. The summed E-state index contributed by atoms with van der Waals surface area (Å²) in [6, 6.07) is 0.863. The Labute approximate surface area is 124 Å². The van der Waals surface area contributed by atoms with Crippen LogP contribution in [0.15, 0.2) is 0 Å². The lowest BCUT2D eigenvalue weighted by Gasteiger charge is -2.31. The summed E-state index contributed by atoms with van der Waals surface area (Å²) in [5, 5.41) is 6.55. The van der Waals surface area contributed by atoms with Crippen LogP contribution in [0.3, 0.4) is 0 Å². The van der Waals surface area contributed by atoms with E-state index in [-0.39, 0.29) is 24.2 Å². The second-order valence-electron chi connectivity index (χ2n) is 6.02. The molecule has 0 aromatic heterocycles. The van der Waals surface area contributed by atoms with Gasteiger partial charge in [-0.05, 0) is 58.9 Å². The third-order valence-electron chi connectivity index (χ3n) is 4.12. The molecule has 1 aliphatic rings. The fraction of sp³-hybridized carbons (Fsp3) is 0.938. The molecule has 1 saturated carbocycles. The highest BCUT2D eigenvalue weighted by atomic mass is 16.5. The van der Waals surface area contributed by atoms with Gasteiger partial charge in [0, 0.05) is 12.1 Å². The van der Waals surface area contributed by atoms with Crippen molar-refractivity contribution in [2.24, 2.45) is 0 Å². The smallest absolute Gasteiger partial charge is 0.249 e. The number of nitrogens with one attached hydrogen (secondary N) is 2. The second kappa shape index (κ2) is 9.35. The quantitative estimate of drug-likeness (QED) is 0.720. The largest absolute Gasteiger partial charge is 0.365 e. The first-order valence-electron chi connectivity index (χ1n) is 8.26. The van der Waals surface area contributed by atoms with Gasteiger partial charge in [0.15, 0.2) is 0 Å². The third-order valence-corrected chi connectivity index (χ3v) is 4.12. The zero-order valence-electron chi connectivity index (χ0n) is 13.6. The highest BCUT2D eigenvalue weighted by Crippen LogP contribution is 2.22. The molecule has 1 fully saturated rings. The van der Waals surface area contributed by atoms with Gasteiger partial charge >= 0.3 is 0 Å². The van der Waals surface area contributed by atoms with Gasteiger partial charge in [-0.25, -0.2) is 0 Å². The van der Waals surface area contributed by atoms with Crippen molar-refractivity contribution in [2.75, 3.05) is 6.54 Å². The van der Waals surface area contributed by atoms with Crippen molar-refractivity contribution in [3.8, 4) is 0 Å². The van der Waals surface area contributed by atoms with E-state index in [0.717, 1.165) is 38.6 Å². The Morgan fingerprint density at radius 1 is 1.20 bits per heavy atom. The molecular formula is C16H32N2O2. The van der Waals surface area contributed by atoms with Crippen LogP contribution < -0.4 is 10.6 Å². The number of rotatable bonds is 8. The summed E-state index contributed by atoms with van der Waals surface area (Å²) in [7, 11) is 0. The van der Waals surface area contributed by atoms with Gasteiger partial charge < -0.3 is 15.4 Å². The van der Waals surface area contributed by atoms with E-state index in [1.54, 1.807) is 0 Å². The average Bonchev–Trinajstić information content (AvgIpc) is 2.46. The van der Waals surface area contributed by atoms with Crippen LogP contribution in [0.4, 0.5) is 0 Å². The fourth-order valence-corrected chi connectivity index (χ4v) is 2.56. The molecule has 0 saturated heterocycles. The van der Waals surface area contributed by atoms with Crippen molar-refractivity contribution in [3.63, 3.8) is 0 Å². The van der Waals surface area contributed by atoms with Crippen LogP contribution in [-0.2, 0) is 9.53 Å². The summed E-state index contributed by atoms with van der Waals surface area (Å²) in [5.41, 5.74) is 0. The van der Waals surface area contributed by atoms with Gasteiger partial charge in [0.1, 0.15) is 6.10 Å². The minimum absolute atomic E-state index is 0.0191. The van der Waals surface area contributed by atoms with Crippen molar-refractivity contribution in [2.45, 2.75) is 90.5 Å². The van der Waals surface area contributed by atoms with Gasteiger partial charge in [-0.3, -0.25) is 4.79 Å². The summed E-state index contributed by atoms with van der Waals surface area (Å²) in [6.07, 6.45) is 6.47. The topological polar surface area (TPSA) is 50.4 Å². The predicted octanol–water partition coefficient (Wildman–Crippen LogP) is 2.62. The Morgan fingerprint density at radius 3 is 2.40 bits per heavy atom. The molecule has 0 bridgehead atoms.